The standard InChI is InChI=1S/C16H27N/c1-13(2)17-12-16(4,5)11-10-15-8-6-14(3)7-9-15/h6-9,13,17H,10-12H2,1-5H3. The molecule has 1 rings (SSSR count). The van der Waals surface area contributed by atoms with Crippen LogP contribution in [0.25, 0.3) is 0 Å². The highest BCUT2D eigenvalue weighted by molar-refractivity contribution is 5.21. The molecule has 96 valence electrons. The van der Waals surface area contributed by atoms with E-state index in [1.165, 1.54) is 24.0 Å². The van der Waals surface area contributed by atoms with E-state index in [4.69, 9.17) is 0 Å². The average Bonchev–Trinajstić information content (AvgIpc) is 2.26. The monoisotopic (exact) mass is 233 g/mol. The zero-order chi connectivity index (χ0) is 12.9. The second-order valence-corrected chi connectivity index (χ2v) is 6.19. The molecule has 0 radical (unpaired) electrons. The van der Waals surface area contributed by atoms with Crippen molar-refractivity contribution in [2.45, 2.75) is 53.5 Å². The van der Waals surface area contributed by atoms with E-state index >= 15 is 0 Å². The van der Waals surface area contributed by atoms with Gasteiger partial charge in [-0.25, -0.2) is 0 Å². The number of nitrogens with one attached hydrogen (secondary N) is 1. The van der Waals surface area contributed by atoms with Gasteiger partial charge in [-0.3, -0.25) is 0 Å². The summed E-state index contributed by atoms with van der Waals surface area (Å²) >= 11 is 0. The highest BCUT2D eigenvalue weighted by atomic mass is 14.9. The van der Waals surface area contributed by atoms with E-state index in [1.54, 1.807) is 0 Å². The molecule has 0 atom stereocenters. The summed E-state index contributed by atoms with van der Waals surface area (Å²) in [5.41, 5.74) is 3.16. The van der Waals surface area contributed by atoms with E-state index in [0.29, 0.717) is 11.5 Å². The van der Waals surface area contributed by atoms with Crippen LogP contribution in [0.15, 0.2) is 24.3 Å². The minimum atomic E-state index is 0.370. The van der Waals surface area contributed by atoms with Gasteiger partial charge in [-0.15, -0.1) is 0 Å². The van der Waals surface area contributed by atoms with Crippen molar-refractivity contribution in [3.63, 3.8) is 0 Å². The lowest BCUT2D eigenvalue weighted by Gasteiger charge is -2.26. The summed E-state index contributed by atoms with van der Waals surface area (Å²) in [6, 6.07) is 9.49. The fourth-order valence-corrected chi connectivity index (χ4v) is 1.81. The molecular formula is C16H27N. The Morgan fingerprint density at radius 2 is 1.71 bits per heavy atom. The Hall–Kier alpha value is -0.820. The third kappa shape index (κ3) is 5.88. The van der Waals surface area contributed by atoms with Gasteiger partial charge in [0.1, 0.15) is 0 Å². The van der Waals surface area contributed by atoms with Crippen molar-refractivity contribution in [2.75, 3.05) is 6.54 Å². The van der Waals surface area contributed by atoms with Crippen molar-refractivity contribution >= 4 is 0 Å². The molecule has 1 aromatic rings. The van der Waals surface area contributed by atoms with Gasteiger partial charge < -0.3 is 5.32 Å². The molecule has 17 heavy (non-hydrogen) atoms. The number of rotatable bonds is 6. The Bertz CT molecular complexity index is 322. The maximum atomic E-state index is 3.53. The number of hydrogen-bond acceptors (Lipinski definition) is 1. The summed E-state index contributed by atoms with van der Waals surface area (Å²) in [4.78, 5) is 0. The van der Waals surface area contributed by atoms with Gasteiger partial charge in [-0.2, -0.15) is 0 Å². The van der Waals surface area contributed by atoms with E-state index in [0.717, 1.165) is 6.54 Å². The number of aryl methyl sites for hydroxylation is 2. The molecule has 0 spiro atoms. The molecule has 0 fully saturated rings. The minimum absolute atomic E-state index is 0.370. The molecule has 1 N–H and O–H groups in total. The summed E-state index contributed by atoms with van der Waals surface area (Å²) in [5.74, 6) is 0. The SMILES string of the molecule is Cc1ccc(CCC(C)(C)CNC(C)C)cc1. The van der Waals surface area contributed by atoms with Crippen molar-refractivity contribution in [2.24, 2.45) is 5.41 Å². The van der Waals surface area contributed by atoms with Gasteiger partial charge in [0.2, 0.25) is 0 Å². The van der Waals surface area contributed by atoms with Crippen LogP contribution in [-0.4, -0.2) is 12.6 Å². The van der Waals surface area contributed by atoms with Crippen LogP contribution in [0.3, 0.4) is 0 Å². The Morgan fingerprint density at radius 3 is 2.24 bits per heavy atom. The van der Waals surface area contributed by atoms with Gasteiger partial charge in [0.05, 0.1) is 0 Å². The second kappa shape index (κ2) is 6.20. The fourth-order valence-electron chi connectivity index (χ4n) is 1.81. The first-order valence-corrected chi connectivity index (χ1v) is 6.68. The third-order valence-electron chi connectivity index (χ3n) is 3.20. The molecule has 0 amide bonds. The van der Waals surface area contributed by atoms with Crippen LogP contribution < -0.4 is 5.32 Å². The summed E-state index contributed by atoms with van der Waals surface area (Å²) in [7, 11) is 0. The van der Waals surface area contributed by atoms with Crippen LogP contribution in [0.1, 0.15) is 45.2 Å². The molecule has 0 saturated carbocycles. The smallest absolute Gasteiger partial charge is 0.00106 e. The van der Waals surface area contributed by atoms with Crippen molar-refractivity contribution < 1.29 is 0 Å². The van der Waals surface area contributed by atoms with Crippen LogP contribution in [0, 0.1) is 12.3 Å². The van der Waals surface area contributed by atoms with Crippen molar-refractivity contribution in [1.82, 2.24) is 5.32 Å². The lowest BCUT2D eigenvalue weighted by molar-refractivity contribution is 0.304. The Labute approximate surface area is 107 Å². The predicted molar refractivity (Wildman–Crippen MR) is 76.4 cm³/mol. The lowest BCUT2D eigenvalue weighted by atomic mass is 9.86. The summed E-state index contributed by atoms with van der Waals surface area (Å²) in [6.45, 7) is 12.3. The molecule has 1 aromatic carbocycles. The molecule has 0 aliphatic heterocycles. The molecule has 1 nitrogen and oxygen atoms in total. The third-order valence-corrected chi connectivity index (χ3v) is 3.20. The first-order valence-electron chi connectivity index (χ1n) is 6.68. The highest BCUT2D eigenvalue weighted by Crippen LogP contribution is 2.22. The molecule has 0 bridgehead atoms. The van der Waals surface area contributed by atoms with Gasteiger partial charge in [0.15, 0.2) is 0 Å². The average molecular weight is 233 g/mol. The maximum Gasteiger partial charge on any atom is 0.00106 e. The largest absolute Gasteiger partial charge is 0.314 e. The van der Waals surface area contributed by atoms with E-state index in [2.05, 4.69) is 64.2 Å². The Morgan fingerprint density at radius 1 is 1.12 bits per heavy atom. The molecule has 0 aliphatic rings. The van der Waals surface area contributed by atoms with E-state index in [9.17, 15) is 0 Å². The molecule has 1 heteroatoms. The second-order valence-electron chi connectivity index (χ2n) is 6.19. The van der Waals surface area contributed by atoms with Gasteiger partial charge in [0, 0.05) is 12.6 Å². The van der Waals surface area contributed by atoms with Crippen molar-refractivity contribution in [3.8, 4) is 0 Å². The fraction of sp³-hybridized carbons (Fsp3) is 0.625. The van der Waals surface area contributed by atoms with Crippen LogP contribution in [0.5, 0.6) is 0 Å². The minimum Gasteiger partial charge on any atom is -0.314 e. The molecule has 0 saturated heterocycles. The quantitative estimate of drug-likeness (QED) is 0.784. The Kier molecular flexibility index (Phi) is 5.20. The van der Waals surface area contributed by atoms with E-state index < -0.39 is 0 Å². The van der Waals surface area contributed by atoms with Crippen LogP contribution >= 0.6 is 0 Å². The Balaban J connectivity index is 2.40. The first kappa shape index (κ1) is 14.2. The topological polar surface area (TPSA) is 12.0 Å². The first-order chi connectivity index (χ1) is 7.89. The van der Waals surface area contributed by atoms with Crippen LogP contribution in [0.2, 0.25) is 0 Å². The molecule has 0 unspecified atom stereocenters. The predicted octanol–water partition coefficient (Wildman–Crippen LogP) is 3.95. The van der Waals surface area contributed by atoms with Gasteiger partial charge in [-0.05, 0) is 30.7 Å². The zero-order valence-electron chi connectivity index (χ0n) is 12.0. The molecule has 0 aliphatic carbocycles. The van der Waals surface area contributed by atoms with E-state index in [1.807, 2.05) is 0 Å². The number of benzene rings is 1. The van der Waals surface area contributed by atoms with Crippen molar-refractivity contribution in [1.29, 1.82) is 0 Å². The normalized spacial score (nSPS) is 12.1. The van der Waals surface area contributed by atoms with Gasteiger partial charge >= 0.3 is 0 Å². The highest BCUT2D eigenvalue weighted by Gasteiger charge is 2.17. The zero-order valence-corrected chi connectivity index (χ0v) is 12.0. The van der Waals surface area contributed by atoms with Crippen LogP contribution in [0.4, 0.5) is 0 Å². The van der Waals surface area contributed by atoms with E-state index in [-0.39, 0.29) is 0 Å². The summed E-state index contributed by atoms with van der Waals surface area (Å²) < 4.78 is 0. The van der Waals surface area contributed by atoms with Gasteiger partial charge in [0.25, 0.3) is 0 Å². The summed E-state index contributed by atoms with van der Waals surface area (Å²) in [6.07, 6.45) is 2.41. The van der Waals surface area contributed by atoms with Crippen LogP contribution in [-0.2, 0) is 6.42 Å². The maximum absolute atomic E-state index is 3.53. The van der Waals surface area contributed by atoms with Gasteiger partial charge in [-0.1, -0.05) is 57.5 Å². The number of hydrogen-bond donors (Lipinski definition) is 1. The molecule has 0 aromatic heterocycles. The van der Waals surface area contributed by atoms with Crippen molar-refractivity contribution in [3.05, 3.63) is 35.4 Å². The summed E-state index contributed by atoms with van der Waals surface area (Å²) in [5, 5.41) is 3.53. The lowest BCUT2D eigenvalue weighted by Crippen LogP contribution is -2.34. The molecular weight excluding hydrogens is 206 g/mol. The molecule has 0 heterocycles.